The van der Waals surface area contributed by atoms with E-state index in [1.54, 1.807) is 12.3 Å². The average Bonchev–Trinajstić information content (AvgIpc) is 2.27. The van der Waals surface area contributed by atoms with Gasteiger partial charge in [0.15, 0.2) is 0 Å². The number of rotatable bonds is 1. The number of aromatic nitrogens is 1. The maximum Gasteiger partial charge on any atom is 0.0999 e. The normalized spacial score (nSPS) is 11.4. The minimum atomic E-state index is 0.221. The van der Waals surface area contributed by atoms with Crippen molar-refractivity contribution in [2.24, 2.45) is 5.41 Å². The SMILES string of the molecule is CC(C)(C)Cc1cccc2c(C#N)ccnc12. The van der Waals surface area contributed by atoms with Crippen LogP contribution in [0.25, 0.3) is 10.9 Å². The molecule has 0 saturated carbocycles. The number of hydrogen-bond acceptors (Lipinski definition) is 2. The summed E-state index contributed by atoms with van der Waals surface area (Å²) in [5, 5.41) is 10.0. The van der Waals surface area contributed by atoms with Crippen LogP contribution in [0, 0.1) is 16.7 Å². The molecule has 0 aliphatic carbocycles. The van der Waals surface area contributed by atoms with Crippen LogP contribution in [0.4, 0.5) is 0 Å². The van der Waals surface area contributed by atoms with Crippen LogP contribution in [-0.4, -0.2) is 4.98 Å². The first kappa shape index (κ1) is 11.6. The van der Waals surface area contributed by atoms with Gasteiger partial charge in [-0.05, 0) is 23.5 Å². The summed E-state index contributed by atoms with van der Waals surface area (Å²) >= 11 is 0. The fourth-order valence-corrected chi connectivity index (χ4v) is 2.05. The third-order valence-electron chi connectivity index (χ3n) is 2.70. The van der Waals surface area contributed by atoms with E-state index in [4.69, 9.17) is 5.26 Å². The molecule has 17 heavy (non-hydrogen) atoms. The molecule has 0 unspecified atom stereocenters. The zero-order valence-electron chi connectivity index (χ0n) is 10.5. The first-order valence-corrected chi connectivity index (χ1v) is 5.78. The van der Waals surface area contributed by atoms with Gasteiger partial charge in [0, 0.05) is 11.6 Å². The third kappa shape index (κ3) is 2.45. The molecule has 0 saturated heterocycles. The van der Waals surface area contributed by atoms with Gasteiger partial charge >= 0.3 is 0 Å². The van der Waals surface area contributed by atoms with Crippen LogP contribution in [0.5, 0.6) is 0 Å². The molecule has 0 radical (unpaired) electrons. The standard InChI is InChI=1S/C15H16N2/c1-15(2,3)9-11-5-4-6-13-12(10-16)7-8-17-14(11)13/h4-8H,9H2,1-3H3. The lowest BCUT2D eigenvalue weighted by molar-refractivity contribution is 0.412. The summed E-state index contributed by atoms with van der Waals surface area (Å²) in [5.41, 5.74) is 3.10. The second-order valence-corrected chi connectivity index (χ2v) is 5.52. The van der Waals surface area contributed by atoms with Gasteiger partial charge in [-0.3, -0.25) is 4.98 Å². The van der Waals surface area contributed by atoms with Crippen LogP contribution in [0.3, 0.4) is 0 Å². The first-order valence-electron chi connectivity index (χ1n) is 5.78. The predicted molar refractivity (Wildman–Crippen MR) is 69.6 cm³/mol. The van der Waals surface area contributed by atoms with Crippen molar-refractivity contribution in [3.05, 3.63) is 41.6 Å². The van der Waals surface area contributed by atoms with Gasteiger partial charge in [-0.1, -0.05) is 39.0 Å². The average molecular weight is 224 g/mol. The highest BCUT2D eigenvalue weighted by Crippen LogP contribution is 2.26. The molecule has 0 atom stereocenters. The van der Waals surface area contributed by atoms with E-state index >= 15 is 0 Å². The van der Waals surface area contributed by atoms with E-state index in [-0.39, 0.29) is 5.41 Å². The van der Waals surface area contributed by atoms with Gasteiger partial charge in [0.25, 0.3) is 0 Å². The van der Waals surface area contributed by atoms with Crippen LogP contribution < -0.4 is 0 Å². The number of nitriles is 1. The molecule has 0 bridgehead atoms. The smallest absolute Gasteiger partial charge is 0.0999 e. The first-order chi connectivity index (χ1) is 8.01. The molecule has 0 aliphatic heterocycles. The Morgan fingerprint density at radius 3 is 2.65 bits per heavy atom. The van der Waals surface area contributed by atoms with Gasteiger partial charge in [0.2, 0.25) is 0 Å². The highest BCUT2D eigenvalue weighted by Gasteiger charge is 2.14. The second-order valence-electron chi connectivity index (χ2n) is 5.52. The molecule has 0 spiro atoms. The lowest BCUT2D eigenvalue weighted by Gasteiger charge is -2.19. The Hall–Kier alpha value is -1.88. The molecule has 2 nitrogen and oxygen atoms in total. The van der Waals surface area contributed by atoms with Gasteiger partial charge in [0.05, 0.1) is 17.1 Å². The van der Waals surface area contributed by atoms with Crippen molar-refractivity contribution in [2.75, 3.05) is 0 Å². The van der Waals surface area contributed by atoms with Gasteiger partial charge < -0.3 is 0 Å². The van der Waals surface area contributed by atoms with Gasteiger partial charge in [-0.15, -0.1) is 0 Å². The fourth-order valence-electron chi connectivity index (χ4n) is 2.05. The van der Waals surface area contributed by atoms with Crippen molar-refractivity contribution in [3.8, 4) is 6.07 Å². The topological polar surface area (TPSA) is 36.7 Å². The molecular formula is C15H16N2. The Morgan fingerprint density at radius 2 is 2.00 bits per heavy atom. The maximum atomic E-state index is 9.08. The molecule has 0 N–H and O–H groups in total. The number of pyridine rings is 1. The Labute approximate surface area is 102 Å². The Kier molecular flexibility index (Phi) is 2.85. The minimum absolute atomic E-state index is 0.221. The zero-order valence-corrected chi connectivity index (χ0v) is 10.5. The van der Waals surface area contributed by atoms with E-state index in [0.29, 0.717) is 5.56 Å². The highest BCUT2D eigenvalue weighted by atomic mass is 14.7. The molecule has 1 aromatic heterocycles. The summed E-state index contributed by atoms with van der Waals surface area (Å²) in [4.78, 5) is 4.42. The van der Waals surface area contributed by atoms with Crippen molar-refractivity contribution in [3.63, 3.8) is 0 Å². The zero-order chi connectivity index (χ0) is 12.5. The molecule has 2 aromatic rings. The molecule has 1 aromatic carbocycles. The monoisotopic (exact) mass is 224 g/mol. The van der Waals surface area contributed by atoms with Crippen molar-refractivity contribution < 1.29 is 0 Å². The molecule has 1 heterocycles. The Morgan fingerprint density at radius 1 is 1.24 bits per heavy atom. The van der Waals surface area contributed by atoms with Crippen molar-refractivity contribution in [2.45, 2.75) is 27.2 Å². The largest absolute Gasteiger partial charge is 0.256 e. The van der Waals surface area contributed by atoms with Crippen LogP contribution >= 0.6 is 0 Å². The van der Waals surface area contributed by atoms with Gasteiger partial charge in [-0.25, -0.2) is 0 Å². The number of para-hydroxylation sites is 1. The maximum absolute atomic E-state index is 9.08. The van der Waals surface area contributed by atoms with Crippen LogP contribution in [0.2, 0.25) is 0 Å². The molecule has 0 fully saturated rings. The molecular weight excluding hydrogens is 208 g/mol. The molecule has 2 heteroatoms. The number of fused-ring (bicyclic) bond motifs is 1. The van der Waals surface area contributed by atoms with E-state index in [9.17, 15) is 0 Å². The summed E-state index contributed by atoms with van der Waals surface area (Å²) < 4.78 is 0. The number of hydrogen-bond donors (Lipinski definition) is 0. The van der Waals surface area contributed by atoms with E-state index < -0.39 is 0 Å². The van der Waals surface area contributed by atoms with Crippen molar-refractivity contribution in [1.29, 1.82) is 5.26 Å². The molecule has 2 rings (SSSR count). The predicted octanol–water partition coefficient (Wildman–Crippen LogP) is 3.70. The third-order valence-corrected chi connectivity index (χ3v) is 2.70. The van der Waals surface area contributed by atoms with Crippen LogP contribution in [0.15, 0.2) is 30.5 Å². The molecule has 86 valence electrons. The fraction of sp³-hybridized carbons (Fsp3) is 0.333. The highest BCUT2D eigenvalue weighted by molar-refractivity contribution is 5.86. The van der Waals surface area contributed by atoms with Gasteiger partial charge in [-0.2, -0.15) is 5.26 Å². The lowest BCUT2D eigenvalue weighted by Crippen LogP contribution is -2.09. The lowest BCUT2D eigenvalue weighted by atomic mass is 9.87. The minimum Gasteiger partial charge on any atom is -0.256 e. The Bertz CT molecular complexity index is 586. The number of nitrogens with zero attached hydrogens (tertiary/aromatic N) is 2. The summed E-state index contributed by atoms with van der Waals surface area (Å²) in [6.07, 6.45) is 2.68. The van der Waals surface area contributed by atoms with E-state index in [0.717, 1.165) is 17.3 Å². The van der Waals surface area contributed by atoms with E-state index in [1.165, 1.54) is 5.56 Å². The summed E-state index contributed by atoms with van der Waals surface area (Å²) in [6.45, 7) is 6.62. The Balaban J connectivity index is 2.63. The molecule has 0 amide bonds. The summed E-state index contributed by atoms with van der Waals surface area (Å²) in [6, 6.07) is 10.1. The van der Waals surface area contributed by atoms with E-state index in [1.807, 2.05) is 12.1 Å². The van der Waals surface area contributed by atoms with Crippen LogP contribution in [-0.2, 0) is 6.42 Å². The van der Waals surface area contributed by atoms with Gasteiger partial charge in [0.1, 0.15) is 0 Å². The van der Waals surface area contributed by atoms with Crippen molar-refractivity contribution >= 4 is 10.9 Å². The summed E-state index contributed by atoms with van der Waals surface area (Å²) in [5.74, 6) is 0. The molecule has 0 aliphatic rings. The second kappa shape index (κ2) is 4.18. The summed E-state index contributed by atoms with van der Waals surface area (Å²) in [7, 11) is 0. The van der Waals surface area contributed by atoms with Crippen molar-refractivity contribution in [1.82, 2.24) is 4.98 Å². The quantitative estimate of drug-likeness (QED) is 0.740. The number of benzene rings is 1. The van der Waals surface area contributed by atoms with Crippen LogP contribution in [0.1, 0.15) is 31.9 Å². The van der Waals surface area contributed by atoms with E-state index in [2.05, 4.69) is 37.9 Å².